The van der Waals surface area contributed by atoms with Gasteiger partial charge in [-0.2, -0.15) is 0 Å². The van der Waals surface area contributed by atoms with E-state index in [1.165, 1.54) is 0 Å². The molecule has 0 bridgehead atoms. The molecule has 1 aliphatic carbocycles. The summed E-state index contributed by atoms with van der Waals surface area (Å²) in [7, 11) is 0. The SMILES string of the molecule is CC1CCC(OC(=O)c2cccc(N)n2)CC1. The predicted octanol–water partition coefficient (Wildman–Crippen LogP) is 2.40. The molecule has 1 aliphatic rings. The quantitative estimate of drug-likeness (QED) is 0.798. The fourth-order valence-corrected chi connectivity index (χ4v) is 2.12. The third-order valence-corrected chi connectivity index (χ3v) is 3.22. The van der Waals surface area contributed by atoms with Gasteiger partial charge in [-0.3, -0.25) is 0 Å². The molecule has 17 heavy (non-hydrogen) atoms. The van der Waals surface area contributed by atoms with Gasteiger partial charge in [-0.15, -0.1) is 0 Å². The van der Waals surface area contributed by atoms with Gasteiger partial charge in [0.1, 0.15) is 11.9 Å². The monoisotopic (exact) mass is 234 g/mol. The number of anilines is 1. The molecular formula is C13H18N2O2. The van der Waals surface area contributed by atoms with Crippen molar-refractivity contribution in [2.75, 3.05) is 5.73 Å². The number of hydrogen-bond acceptors (Lipinski definition) is 4. The summed E-state index contributed by atoms with van der Waals surface area (Å²) in [5.41, 5.74) is 5.82. The minimum atomic E-state index is -0.364. The van der Waals surface area contributed by atoms with E-state index in [1.807, 2.05) is 0 Å². The largest absolute Gasteiger partial charge is 0.458 e. The average molecular weight is 234 g/mol. The molecule has 1 aromatic heterocycles. The fourth-order valence-electron chi connectivity index (χ4n) is 2.12. The summed E-state index contributed by atoms with van der Waals surface area (Å²) in [5, 5.41) is 0. The molecule has 1 fully saturated rings. The number of aromatic nitrogens is 1. The standard InChI is InChI=1S/C13H18N2O2/c1-9-5-7-10(8-6-9)17-13(16)11-3-2-4-12(14)15-11/h2-4,9-10H,5-8H2,1H3,(H2,14,15). The molecule has 4 heteroatoms. The lowest BCUT2D eigenvalue weighted by molar-refractivity contribution is 0.0167. The summed E-state index contributed by atoms with van der Waals surface area (Å²) >= 11 is 0. The van der Waals surface area contributed by atoms with Gasteiger partial charge < -0.3 is 10.5 Å². The number of nitrogens with two attached hydrogens (primary N) is 1. The van der Waals surface area contributed by atoms with Gasteiger partial charge in [0.05, 0.1) is 0 Å². The molecule has 4 nitrogen and oxygen atoms in total. The Morgan fingerprint density at radius 1 is 1.35 bits per heavy atom. The van der Waals surface area contributed by atoms with Crippen LogP contribution >= 0.6 is 0 Å². The lowest BCUT2D eigenvalue weighted by Crippen LogP contribution is -2.24. The molecule has 0 unspecified atom stereocenters. The van der Waals surface area contributed by atoms with Crippen LogP contribution in [-0.2, 0) is 4.74 Å². The molecule has 0 atom stereocenters. The first-order chi connectivity index (χ1) is 8.15. The molecule has 0 spiro atoms. The highest BCUT2D eigenvalue weighted by molar-refractivity contribution is 5.87. The second-order valence-corrected chi connectivity index (χ2v) is 4.73. The zero-order valence-electron chi connectivity index (χ0n) is 10.1. The zero-order chi connectivity index (χ0) is 12.3. The van der Waals surface area contributed by atoms with Crippen LogP contribution in [0.1, 0.15) is 43.1 Å². The van der Waals surface area contributed by atoms with Crippen molar-refractivity contribution in [3.05, 3.63) is 23.9 Å². The maximum absolute atomic E-state index is 11.8. The zero-order valence-corrected chi connectivity index (χ0v) is 10.1. The van der Waals surface area contributed by atoms with Gasteiger partial charge >= 0.3 is 5.97 Å². The molecule has 0 radical (unpaired) electrons. The van der Waals surface area contributed by atoms with E-state index in [1.54, 1.807) is 18.2 Å². The first-order valence-corrected chi connectivity index (χ1v) is 6.08. The molecule has 0 saturated heterocycles. The highest BCUT2D eigenvalue weighted by Gasteiger charge is 2.22. The normalized spacial score (nSPS) is 24.3. The van der Waals surface area contributed by atoms with Gasteiger partial charge in [0.2, 0.25) is 0 Å². The third kappa shape index (κ3) is 3.19. The predicted molar refractivity (Wildman–Crippen MR) is 65.5 cm³/mol. The minimum Gasteiger partial charge on any atom is -0.458 e. The maximum Gasteiger partial charge on any atom is 0.357 e. The van der Waals surface area contributed by atoms with Crippen molar-refractivity contribution >= 4 is 11.8 Å². The topological polar surface area (TPSA) is 65.2 Å². The van der Waals surface area contributed by atoms with Gasteiger partial charge in [0.15, 0.2) is 5.69 Å². The highest BCUT2D eigenvalue weighted by atomic mass is 16.5. The Hall–Kier alpha value is -1.58. The van der Waals surface area contributed by atoms with Crippen molar-refractivity contribution < 1.29 is 9.53 Å². The number of nitrogens with zero attached hydrogens (tertiary/aromatic N) is 1. The number of nitrogen functional groups attached to an aromatic ring is 1. The van der Waals surface area contributed by atoms with Crippen LogP contribution in [0, 0.1) is 5.92 Å². The van der Waals surface area contributed by atoms with Gasteiger partial charge in [-0.1, -0.05) is 13.0 Å². The van der Waals surface area contributed by atoms with E-state index in [2.05, 4.69) is 11.9 Å². The molecular weight excluding hydrogens is 216 g/mol. The van der Waals surface area contributed by atoms with E-state index < -0.39 is 0 Å². The summed E-state index contributed by atoms with van der Waals surface area (Å²) < 4.78 is 5.42. The van der Waals surface area contributed by atoms with E-state index in [0.29, 0.717) is 11.5 Å². The number of rotatable bonds is 2. The average Bonchev–Trinajstić information content (AvgIpc) is 2.32. The Labute approximate surface area is 101 Å². The minimum absolute atomic E-state index is 0.0435. The van der Waals surface area contributed by atoms with E-state index in [0.717, 1.165) is 31.6 Å². The summed E-state index contributed by atoms with van der Waals surface area (Å²) in [6.07, 6.45) is 4.21. The lowest BCUT2D eigenvalue weighted by atomic mass is 9.89. The van der Waals surface area contributed by atoms with Crippen LogP contribution in [0.2, 0.25) is 0 Å². The number of hydrogen-bond donors (Lipinski definition) is 1. The van der Waals surface area contributed by atoms with E-state index in [9.17, 15) is 4.79 Å². The van der Waals surface area contributed by atoms with Gasteiger partial charge in [-0.05, 0) is 43.7 Å². The van der Waals surface area contributed by atoms with Crippen LogP contribution in [0.3, 0.4) is 0 Å². The number of carbonyl (C=O) groups excluding carboxylic acids is 1. The van der Waals surface area contributed by atoms with E-state index in [4.69, 9.17) is 10.5 Å². The van der Waals surface area contributed by atoms with Crippen LogP contribution in [0.4, 0.5) is 5.82 Å². The Morgan fingerprint density at radius 2 is 2.06 bits per heavy atom. The first kappa shape index (κ1) is 11.9. The Bertz CT molecular complexity index is 398. The Balaban J connectivity index is 1.93. The Kier molecular flexibility index (Phi) is 3.61. The van der Waals surface area contributed by atoms with E-state index in [-0.39, 0.29) is 12.1 Å². The van der Waals surface area contributed by atoms with Crippen molar-refractivity contribution in [1.82, 2.24) is 4.98 Å². The summed E-state index contributed by atoms with van der Waals surface area (Å²) in [5.74, 6) is 0.726. The molecule has 0 aliphatic heterocycles. The lowest BCUT2D eigenvalue weighted by Gasteiger charge is -2.25. The van der Waals surface area contributed by atoms with Gasteiger partial charge in [0, 0.05) is 0 Å². The summed E-state index contributed by atoms with van der Waals surface area (Å²) in [4.78, 5) is 15.8. The number of ether oxygens (including phenoxy) is 1. The van der Waals surface area contributed by atoms with Gasteiger partial charge in [-0.25, -0.2) is 9.78 Å². The van der Waals surface area contributed by atoms with Crippen LogP contribution in [0.25, 0.3) is 0 Å². The number of pyridine rings is 1. The fraction of sp³-hybridized carbons (Fsp3) is 0.538. The number of esters is 1. The summed E-state index contributed by atoms with van der Waals surface area (Å²) in [6, 6.07) is 4.99. The molecule has 1 aromatic rings. The van der Waals surface area contributed by atoms with Crippen LogP contribution < -0.4 is 5.73 Å². The van der Waals surface area contributed by atoms with E-state index >= 15 is 0 Å². The van der Waals surface area contributed by atoms with Crippen LogP contribution in [0.15, 0.2) is 18.2 Å². The van der Waals surface area contributed by atoms with Crippen molar-refractivity contribution in [3.8, 4) is 0 Å². The van der Waals surface area contributed by atoms with Gasteiger partial charge in [0.25, 0.3) is 0 Å². The summed E-state index contributed by atoms with van der Waals surface area (Å²) in [6.45, 7) is 2.23. The molecule has 0 amide bonds. The van der Waals surface area contributed by atoms with Crippen molar-refractivity contribution in [2.24, 2.45) is 5.92 Å². The maximum atomic E-state index is 11.8. The third-order valence-electron chi connectivity index (χ3n) is 3.22. The smallest absolute Gasteiger partial charge is 0.357 e. The first-order valence-electron chi connectivity index (χ1n) is 6.08. The molecule has 1 saturated carbocycles. The van der Waals surface area contributed by atoms with Crippen LogP contribution in [-0.4, -0.2) is 17.1 Å². The molecule has 2 rings (SSSR count). The Morgan fingerprint density at radius 3 is 2.71 bits per heavy atom. The molecule has 92 valence electrons. The number of carbonyl (C=O) groups is 1. The van der Waals surface area contributed by atoms with Crippen molar-refractivity contribution in [3.63, 3.8) is 0 Å². The highest BCUT2D eigenvalue weighted by Crippen LogP contribution is 2.26. The second-order valence-electron chi connectivity index (χ2n) is 4.73. The molecule has 0 aromatic carbocycles. The van der Waals surface area contributed by atoms with Crippen molar-refractivity contribution in [1.29, 1.82) is 0 Å². The molecule has 1 heterocycles. The second kappa shape index (κ2) is 5.17. The van der Waals surface area contributed by atoms with Crippen molar-refractivity contribution in [2.45, 2.75) is 38.7 Å². The van der Waals surface area contributed by atoms with Crippen LogP contribution in [0.5, 0.6) is 0 Å². The molecule has 2 N–H and O–H groups in total.